The Balaban J connectivity index is 0.00000300. The van der Waals surface area contributed by atoms with Crippen LogP contribution in [0.2, 0.25) is 0 Å². The summed E-state index contributed by atoms with van der Waals surface area (Å²) in [6.07, 6.45) is -4.00. The van der Waals surface area contributed by atoms with Gasteiger partial charge < -0.3 is 10.6 Å². The number of nitrogens with one attached hydrogen (secondary N) is 2. The molecule has 0 radical (unpaired) electrons. The van der Waals surface area contributed by atoms with Gasteiger partial charge in [-0.3, -0.25) is 4.99 Å². The van der Waals surface area contributed by atoms with Crippen molar-refractivity contribution < 1.29 is 13.2 Å². The zero-order valence-corrected chi connectivity index (χ0v) is 19.1. The first-order chi connectivity index (χ1) is 13.4. The number of fused-ring (bicyclic) bond motifs is 1. The highest BCUT2D eigenvalue weighted by Crippen LogP contribution is 2.30. The number of guanidine groups is 1. The molecule has 0 aliphatic rings. The monoisotopic (exact) mass is 534 g/mol. The molecule has 29 heavy (non-hydrogen) atoms. The SMILES string of the molecule is CN=C(NCCc1nc(C(F)(F)F)cs1)NC(C)c1cccc2ccccc12.I. The lowest BCUT2D eigenvalue weighted by atomic mass is 10.00. The van der Waals surface area contributed by atoms with Crippen LogP contribution in [0.3, 0.4) is 0 Å². The average molecular weight is 534 g/mol. The molecule has 3 aromatic rings. The maximum atomic E-state index is 12.6. The third-order valence-electron chi connectivity index (χ3n) is 4.34. The Morgan fingerprint density at radius 2 is 1.90 bits per heavy atom. The number of nitrogens with zero attached hydrogens (tertiary/aromatic N) is 2. The van der Waals surface area contributed by atoms with Crippen LogP contribution in [0.25, 0.3) is 10.8 Å². The summed E-state index contributed by atoms with van der Waals surface area (Å²) in [6, 6.07) is 14.3. The average Bonchev–Trinajstić information content (AvgIpc) is 3.16. The molecular formula is C20H22F3IN4S. The minimum Gasteiger partial charge on any atom is -0.356 e. The van der Waals surface area contributed by atoms with E-state index in [1.54, 1.807) is 7.05 Å². The van der Waals surface area contributed by atoms with Crippen molar-refractivity contribution >= 4 is 52.0 Å². The topological polar surface area (TPSA) is 49.3 Å². The van der Waals surface area contributed by atoms with Crippen LogP contribution < -0.4 is 10.6 Å². The van der Waals surface area contributed by atoms with E-state index in [0.29, 0.717) is 23.9 Å². The summed E-state index contributed by atoms with van der Waals surface area (Å²) in [6.45, 7) is 2.48. The van der Waals surface area contributed by atoms with E-state index in [4.69, 9.17) is 0 Å². The summed E-state index contributed by atoms with van der Waals surface area (Å²) >= 11 is 1.02. The van der Waals surface area contributed by atoms with Crippen LogP contribution in [0.4, 0.5) is 13.2 Å². The van der Waals surface area contributed by atoms with E-state index in [-0.39, 0.29) is 30.0 Å². The highest BCUT2D eigenvalue weighted by Gasteiger charge is 2.33. The van der Waals surface area contributed by atoms with Crippen molar-refractivity contribution in [3.05, 3.63) is 64.1 Å². The van der Waals surface area contributed by atoms with E-state index in [1.165, 1.54) is 10.8 Å². The van der Waals surface area contributed by atoms with Crippen LogP contribution in [0.1, 0.15) is 29.2 Å². The van der Waals surface area contributed by atoms with Gasteiger partial charge in [-0.05, 0) is 23.3 Å². The predicted molar refractivity (Wildman–Crippen MR) is 123 cm³/mol. The molecule has 1 heterocycles. The van der Waals surface area contributed by atoms with Gasteiger partial charge in [-0.15, -0.1) is 35.3 Å². The van der Waals surface area contributed by atoms with Crippen LogP contribution in [0, 0.1) is 0 Å². The highest BCUT2D eigenvalue weighted by atomic mass is 127. The molecule has 2 N–H and O–H groups in total. The number of aliphatic imine (C=N–C) groups is 1. The van der Waals surface area contributed by atoms with Crippen LogP contribution in [0.15, 0.2) is 52.8 Å². The number of thiazole rings is 1. The van der Waals surface area contributed by atoms with E-state index in [2.05, 4.69) is 44.9 Å². The molecule has 0 aliphatic carbocycles. The van der Waals surface area contributed by atoms with E-state index < -0.39 is 11.9 Å². The second-order valence-corrected chi connectivity index (χ2v) is 7.25. The maximum Gasteiger partial charge on any atom is 0.434 e. The Labute approximate surface area is 188 Å². The van der Waals surface area contributed by atoms with Crippen LogP contribution in [-0.2, 0) is 12.6 Å². The fraction of sp³-hybridized carbons (Fsp3) is 0.300. The third kappa shape index (κ3) is 6.05. The predicted octanol–water partition coefficient (Wildman–Crippen LogP) is 5.40. The van der Waals surface area contributed by atoms with Crippen LogP contribution >= 0.6 is 35.3 Å². The lowest BCUT2D eigenvalue weighted by molar-refractivity contribution is -0.140. The third-order valence-corrected chi connectivity index (χ3v) is 5.25. The number of hydrogen-bond donors (Lipinski definition) is 2. The number of hydrogen-bond acceptors (Lipinski definition) is 3. The van der Waals surface area contributed by atoms with Gasteiger partial charge >= 0.3 is 6.18 Å². The van der Waals surface area contributed by atoms with Crippen molar-refractivity contribution in [1.82, 2.24) is 15.6 Å². The molecule has 2 aromatic carbocycles. The number of halogens is 4. The lowest BCUT2D eigenvalue weighted by Gasteiger charge is -2.19. The standard InChI is InChI=1S/C20H21F3N4S.HI/c1-13(15-9-5-7-14-6-3-4-8-16(14)15)26-19(24-2)25-11-10-18-27-17(12-28-18)20(21,22)23;/h3-9,12-13H,10-11H2,1-2H3,(H2,24,25,26);1H. The Kier molecular flexibility index (Phi) is 8.26. The number of rotatable bonds is 5. The molecule has 4 nitrogen and oxygen atoms in total. The summed E-state index contributed by atoms with van der Waals surface area (Å²) in [5.74, 6) is 0.591. The summed E-state index contributed by atoms with van der Waals surface area (Å²) in [5.41, 5.74) is 0.315. The molecule has 0 bridgehead atoms. The van der Waals surface area contributed by atoms with Crippen molar-refractivity contribution in [3.63, 3.8) is 0 Å². The smallest absolute Gasteiger partial charge is 0.356 e. The molecular weight excluding hydrogens is 512 g/mol. The largest absolute Gasteiger partial charge is 0.434 e. The molecule has 1 atom stereocenters. The number of alkyl halides is 3. The summed E-state index contributed by atoms with van der Waals surface area (Å²) in [4.78, 5) is 7.85. The van der Waals surface area contributed by atoms with Crippen molar-refractivity contribution in [1.29, 1.82) is 0 Å². The zero-order chi connectivity index (χ0) is 20.1. The van der Waals surface area contributed by atoms with Gasteiger partial charge in [0.05, 0.1) is 11.0 Å². The van der Waals surface area contributed by atoms with E-state index >= 15 is 0 Å². The molecule has 0 saturated carbocycles. The zero-order valence-electron chi connectivity index (χ0n) is 16.0. The van der Waals surface area contributed by atoms with Crippen molar-refractivity contribution in [2.75, 3.05) is 13.6 Å². The molecule has 0 fully saturated rings. The molecule has 0 spiro atoms. The van der Waals surface area contributed by atoms with Gasteiger partial charge in [0.15, 0.2) is 11.7 Å². The van der Waals surface area contributed by atoms with Crippen LogP contribution in [0.5, 0.6) is 0 Å². The molecule has 0 amide bonds. The second kappa shape index (κ2) is 10.2. The quantitative estimate of drug-likeness (QED) is 0.262. The van der Waals surface area contributed by atoms with Crippen molar-refractivity contribution in [2.45, 2.75) is 25.6 Å². The summed E-state index contributed by atoms with van der Waals surface area (Å²) in [7, 11) is 1.66. The highest BCUT2D eigenvalue weighted by molar-refractivity contribution is 14.0. The molecule has 0 saturated heterocycles. The van der Waals surface area contributed by atoms with E-state index in [9.17, 15) is 13.2 Å². The van der Waals surface area contributed by atoms with E-state index in [1.807, 2.05) is 25.1 Å². The lowest BCUT2D eigenvalue weighted by Crippen LogP contribution is -2.39. The van der Waals surface area contributed by atoms with Gasteiger partial charge in [0, 0.05) is 25.4 Å². The molecule has 1 aromatic heterocycles. The fourth-order valence-corrected chi connectivity index (χ4v) is 3.75. The Hall–Kier alpha value is -1.88. The van der Waals surface area contributed by atoms with E-state index in [0.717, 1.165) is 22.3 Å². The minimum atomic E-state index is -4.40. The van der Waals surface area contributed by atoms with Gasteiger partial charge in [0.2, 0.25) is 0 Å². The normalized spacial score (nSPS) is 13.1. The van der Waals surface area contributed by atoms with Crippen molar-refractivity contribution in [2.24, 2.45) is 4.99 Å². The van der Waals surface area contributed by atoms with Crippen molar-refractivity contribution in [3.8, 4) is 0 Å². The van der Waals surface area contributed by atoms with Gasteiger partial charge in [0.25, 0.3) is 0 Å². The molecule has 1 unspecified atom stereocenters. The number of aromatic nitrogens is 1. The number of benzene rings is 2. The Morgan fingerprint density at radius 1 is 1.17 bits per heavy atom. The first-order valence-corrected chi connectivity index (χ1v) is 9.73. The van der Waals surface area contributed by atoms with Gasteiger partial charge in [-0.1, -0.05) is 42.5 Å². The molecule has 156 valence electrons. The summed E-state index contributed by atoms with van der Waals surface area (Å²) in [5, 5.41) is 10.3. The fourth-order valence-electron chi connectivity index (χ4n) is 2.95. The summed E-state index contributed by atoms with van der Waals surface area (Å²) < 4.78 is 37.9. The Bertz CT molecular complexity index is 966. The van der Waals surface area contributed by atoms with Crippen LogP contribution in [-0.4, -0.2) is 24.5 Å². The molecule has 9 heteroatoms. The first-order valence-electron chi connectivity index (χ1n) is 8.85. The Morgan fingerprint density at radius 3 is 2.59 bits per heavy atom. The molecule has 3 rings (SSSR count). The first kappa shape index (κ1) is 23.4. The van der Waals surface area contributed by atoms with Gasteiger partial charge in [0.1, 0.15) is 0 Å². The maximum absolute atomic E-state index is 12.6. The van der Waals surface area contributed by atoms with Gasteiger partial charge in [-0.2, -0.15) is 13.2 Å². The molecule has 0 aliphatic heterocycles. The second-order valence-electron chi connectivity index (χ2n) is 6.31. The minimum absolute atomic E-state index is 0. The van der Waals surface area contributed by atoms with Gasteiger partial charge in [-0.25, -0.2) is 4.98 Å².